The van der Waals surface area contributed by atoms with Crippen molar-refractivity contribution in [1.29, 1.82) is 0 Å². The number of nitrogens with zero attached hydrogens (tertiary/aromatic N) is 6. The molecule has 4 aliphatic heterocycles. The highest BCUT2D eigenvalue weighted by Crippen LogP contribution is 2.43. The average Bonchev–Trinajstić information content (AvgIpc) is 4.03. The lowest BCUT2D eigenvalue weighted by Gasteiger charge is -2.37. The number of rotatable bonds is 11. The Balaban J connectivity index is 1.12. The molecule has 9 rings (SSSR count). The number of esters is 1. The molecule has 6 bridgehead atoms. The summed E-state index contributed by atoms with van der Waals surface area (Å²) >= 11 is 0. The number of phenols is 1. The van der Waals surface area contributed by atoms with Crippen molar-refractivity contribution in [3.05, 3.63) is 101 Å². The van der Waals surface area contributed by atoms with Gasteiger partial charge in [-0.15, -0.1) is 0 Å². The van der Waals surface area contributed by atoms with Gasteiger partial charge in [-0.2, -0.15) is 0 Å². The zero-order chi connectivity index (χ0) is 53.3. The summed E-state index contributed by atoms with van der Waals surface area (Å²) in [7, 11) is 5.48. The summed E-state index contributed by atoms with van der Waals surface area (Å²) in [6, 6.07) is 20.8. The predicted molar refractivity (Wildman–Crippen MR) is 290 cm³/mol. The fourth-order valence-corrected chi connectivity index (χ4v) is 11.7. The Labute approximate surface area is 441 Å². The number of cyclic esters (lactones) is 1. The first-order chi connectivity index (χ1) is 35.9. The number of nitrogens with one attached hydrogen (secondary N) is 2. The molecule has 5 aromatic rings. The minimum absolute atomic E-state index is 0.00128. The lowest BCUT2D eigenvalue weighted by molar-refractivity contribution is -0.155. The van der Waals surface area contributed by atoms with E-state index >= 15 is 0 Å². The molecule has 3 fully saturated rings. The first-order valence-electron chi connectivity index (χ1n) is 26.9. The molecule has 0 aliphatic carbocycles. The molecular formula is C59H76N8O8. The number of aromatic nitrogens is 2. The van der Waals surface area contributed by atoms with E-state index in [4.69, 9.17) is 19.2 Å². The highest BCUT2D eigenvalue weighted by molar-refractivity contribution is 5.96. The molecular weight excluding hydrogens is 949 g/mol. The molecule has 2 aromatic heterocycles. The SMILES string of the molecule is CCn1c(-c2cc(N3CCN(C)CC3)cnc2[C@H](C)OC)c2c3cc(ccc31)-c1cc(O)cc(c1)C[C@H](NC(=O)[C@H](C(C)C)N(C)C(=O)[C@@H]1OCC[C@@H]1c1ccccc1)C(=O)N1CCC[C@H](N1)C(=O)OCC(C)(C)C2. The maximum atomic E-state index is 14.9. The third kappa shape index (κ3) is 11.3. The van der Waals surface area contributed by atoms with Crippen LogP contribution in [-0.4, -0.2) is 145 Å². The van der Waals surface area contributed by atoms with Crippen molar-refractivity contribution < 1.29 is 38.5 Å². The van der Waals surface area contributed by atoms with Gasteiger partial charge in [0.2, 0.25) is 5.91 Å². The van der Waals surface area contributed by atoms with Crippen LogP contribution in [-0.2, 0) is 52.8 Å². The standard InChI is InChI=1S/C59H76N8O8/c1-10-66-50-19-18-40-31-45(50)47(53(66)46-32-42(34-60-51(46)37(4)73-9)65-24-22-63(7)23-25-65)33-59(5,6)35-75-58(72)48-17-14-21-67(62-48)56(70)49(29-38-27-41(40)30-43(68)28-38)61-55(69)52(36(2)3)64(8)57(71)54-44(20-26-74-54)39-15-12-11-13-16-39/h11-13,15-16,18-19,27-28,30-32,34,36-37,44,48-49,52,54,62,68H,10,14,17,20-26,29,33,35H2,1-9H3,(H,61,69)/t37-,44+,48-,49-,52-,54+/m0/s1. The molecule has 6 atom stereocenters. The van der Waals surface area contributed by atoms with Gasteiger partial charge >= 0.3 is 5.97 Å². The highest BCUT2D eigenvalue weighted by atomic mass is 16.5. The van der Waals surface area contributed by atoms with Gasteiger partial charge in [-0.05, 0) is 111 Å². The largest absolute Gasteiger partial charge is 0.508 e. The van der Waals surface area contributed by atoms with Gasteiger partial charge in [-0.1, -0.05) is 70.2 Å². The maximum Gasteiger partial charge on any atom is 0.324 e. The summed E-state index contributed by atoms with van der Waals surface area (Å²) in [5.41, 5.74) is 11.8. The van der Waals surface area contributed by atoms with Crippen LogP contribution in [0.3, 0.4) is 0 Å². The van der Waals surface area contributed by atoms with Crippen molar-refractivity contribution in [2.24, 2.45) is 11.3 Å². The molecule has 75 heavy (non-hydrogen) atoms. The second kappa shape index (κ2) is 22.5. The molecule has 16 nitrogen and oxygen atoms in total. The first kappa shape index (κ1) is 53.5. The number of aryl methyl sites for hydroxylation is 1. The molecule has 16 heteroatoms. The second-order valence-corrected chi connectivity index (χ2v) is 22.2. The van der Waals surface area contributed by atoms with E-state index in [9.17, 15) is 24.3 Å². The van der Waals surface area contributed by atoms with Crippen LogP contribution in [0.1, 0.15) is 95.2 Å². The second-order valence-electron chi connectivity index (χ2n) is 22.2. The molecule has 3 N–H and O–H groups in total. The molecule has 3 amide bonds. The number of phenolic OH excluding ortho intramolecular Hbond substituents is 1. The van der Waals surface area contributed by atoms with E-state index < -0.39 is 47.4 Å². The lowest BCUT2D eigenvalue weighted by Crippen LogP contribution is -2.62. The number of amides is 3. The number of hydrazine groups is 1. The molecule has 400 valence electrons. The topological polar surface area (TPSA) is 171 Å². The molecule has 3 saturated heterocycles. The maximum absolute atomic E-state index is 14.9. The Kier molecular flexibility index (Phi) is 16.0. The number of methoxy groups -OCH3 is 1. The van der Waals surface area contributed by atoms with Crippen LogP contribution in [0.5, 0.6) is 5.75 Å². The van der Waals surface area contributed by atoms with Gasteiger partial charge < -0.3 is 43.9 Å². The van der Waals surface area contributed by atoms with Crippen LogP contribution in [0.15, 0.2) is 79.0 Å². The van der Waals surface area contributed by atoms with Crippen molar-refractivity contribution in [3.63, 3.8) is 0 Å². The summed E-state index contributed by atoms with van der Waals surface area (Å²) in [6.07, 6.45) is 3.05. The van der Waals surface area contributed by atoms with Gasteiger partial charge in [0.15, 0.2) is 0 Å². The summed E-state index contributed by atoms with van der Waals surface area (Å²) < 4.78 is 20.6. The number of carbonyl (C=O) groups excluding carboxylic acids is 4. The zero-order valence-corrected chi connectivity index (χ0v) is 45.2. The number of hydrogen-bond donors (Lipinski definition) is 3. The van der Waals surface area contributed by atoms with Gasteiger partial charge in [-0.25, -0.2) is 5.43 Å². The Bertz CT molecular complexity index is 2900. The van der Waals surface area contributed by atoms with Crippen LogP contribution >= 0.6 is 0 Å². The number of aromatic hydroxyl groups is 1. The van der Waals surface area contributed by atoms with E-state index in [1.807, 2.05) is 63.4 Å². The van der Waals surface area contributed by atoms with Gasteiger partial charge in [-0.3, -0.25) is 29.2 Å². The van der Waals surface area contributed by atoms with Crippen LogP contribution in [0.2, 0.25) is 0 Å². The Morgan fingerprint density at radius 3 is 2.45 bits per heavy atom. The summed E-state index contributed by atoms with van der Waals surface area (Å²) in [5.74, 6) is -2.26. The van der Waals surface area contributed by atoms with Crippen LogP contribution < -0.4 is 15.6 Å². The smallest absolute Gasteiger partial charge is 0.324 e. The Hall–Kier alpha value is -6.33. The quantitative estimate of drug-likeness (QED) is 0.113. The molecule has 0 saturated carbocycles. The van der Waals surface area contributed by atoms with Gasteiger partial charge in [0.1, 0.15) is 30.0 Å². The average molecular weight is 1030 g/mol. The van der Waals surface area contributed by atoms with Crippen molar-refractivity contribution >= 4 is 40.3 Å². The number of hydrogen-bond acceptors (Lipinski definition) is 12. The van der Waals surface area contributed by atoms with E-state index in [1.165, 1.54) is 9.91 Å². The number of pyridine rings is 1. The van der Waals surface area contributed by atoms with Crippen molar-refractivity contribution in [2.45, 2.75) is 116 Å². The van der Waals surface area contributed by atoms with E-state index in [1.54, 1.807) is 26.3 Å². The minimum atomic E-state index is -1.16. The van der Waals surface area contributed by atoms with E-state index in [2.05, 4.69) is 77.2 Å². The van der Waals surface area contributed by atoms with Gasteiger partial charge in [0.25, 0.3) is 11.8 Å². The Morgan fingerprint density at radius 2 is 1.73 bits per heavy atom. The van der Waals surface area contributed by atoms with Crippen molar-refractivity contribution in [3.8, 4) is 28.1 Å². The summed E-state index contributed by atoms with van der Waals surface area (Å²) in [5, 5.41) is 17.0. The number of carbonyl (C=O) groups is 4. The molecule has 6 heterocycles. The lowest BCUT2D eigenvalue weighted by atomic mass is 9.84. The number of anilines is 1. The number of ether oxygens (including phenoxy) is 3. The normalized spacial score (nSPS) is 22.4. The van der Waals surface area contributed by atoms with Crippen molar-refractivity contribution in [1.82, 2.24) is 35.1 Å². The van der Waals surface area contributed by atoms with Crippen LogP contribution in [0.4, 0.5) is 5.69 Å². The minimum Gasteiger partial charge on any atom is -0.508 e. The fourth-order valence-electron chi connectivity index (χ4n) is 11.7. The van der Waals surface area contributed by atoms with E-state index in [0.29, 0.717) is 44.4 Å². The molecule has 0 spiro atoms. The van der Waals surface area contributed by atoms with E-state index in [0.717, 1.165) is 82.0 Å². The van der Waals surface area contributed by atoms with Crippen LogP contribution in [0, 0.1) is 11.3 Å². The first-order valence-corrected chi connectivity index (χ1v) is 26.9. The molecule has 4 aliphatic rings. The zero-order valence-electron chi connectivity index (χ0n) is 45.2. The Morgan fingerprint density at radius 1 is 0.973 bits per heavy atom. The number of likely N-dealkylation sites (N-methyl/N-ethyl adjacent to an activating group) is 2. The number of piperazine rings is 1. The predicted octanol–water partition coefficient (Wildman–Crippen LogP) is 7.26. The monoisotopic (exact) mass is 1020 g/mol. The fraction of sp³-hybridized carbons (Fsp3) is 0.508. The number of benzene rings is 3. The van der Waals surface area contributed by atoms with E-state index in [-0.39, 0.29) is 49.2 Å². The summed E-state index contributed by atoms with van der Waals surface area (Å²) in [4.78, 5) is 69.6. The van der Waals surface area contributed by atoms with Gasteiger partial charge in [0.05, 0.1) is 36.0 Å². The summed E-state index contributed by atoms with van der Waals surface area (Å²) in [6.45, 7) is 17.2. The van der Waals surface area contributed by atoms with Gasteiger partial charge in [0, 0.05) is 94.3 Å². The third-order valence-corrected chi connectivity index (χ3v) is 15.8. The molecule has 0 radical (unpaired) electrons. The third-order valence-electron chi connectivity index (χ3n) is 15.8. The highest BCUT2D eigenvalue weighted by Gasteiger charge is 2.42. The van der Waals surface area contributed by atoms with Crippen LogP contribution in [0.25, 0.3) is 33.3 Å². The molecule has 3 aromatic carbocycles. The molecule has 0 unspecified atom stereocenters. The van der Waals surface area contributed by atoms with Crippen molar-refractivity contribution in [2.75, 3.05) is 72.0 Å². The number of fused-ring (bicyclic) bond motifs is 6.